The van der Waals surface area contributed by atoms with Gasteiger partial charge in [0.1, 0.15) is 11.2 Å². The molecule has 1 aromatic carbocycles. The van der Waals surface area contributed by atoms with Crippen LogP contribution in [0.2, 0.25) is 0 Å². The van der Waals surface area contributed by atoms with E-state index in [1.165, 1.54) is 6.08 Å². The molecular formula is C18H20N4O5. The molecule has 5 amide bonds. The SMILES string of the molecule is CC1(C)NC(=O)N(Cc2ccc(NC3=CC(=O)N(CCO)C3=O)cc2)C1=O. The van der Waals surface area contributed by atoms with Gasteiger partial charge in [-0.05, 0) is 31.5 Å². The molecule has 1 aromatic rings. The predicted octanol–water partition coefficient (Wildman–Crippen LogP) is 0.174. The van der Waals surface area contributed by atoms with Crippen molar-refractivity contribution in [3.63, 3.8) is 0 Å². The maximum Gasteiger partial charge on any atom is 0.325 e. The van der Waals surface area contributed by atoms with E-state index in [0.29, 0.717) is 5.69 Å². The predicted molar refractivity (Wildman–Crippen MR) is 95.1 cm³/mol. The van der Waals surface area contributed by atoms with Crippen molar-refractivity contribution in [3.05, 3.63) is 41.6 Å². The first kappa shape index (κ1) is 18.6. The average molecular weight is 372 g/mol. The van der Waals surface area contributed by atoms with Gasteiger partial charge >= 0.3 is 6.03 Å². The zero-order valence-corrected chi connectivity index (χ0v) is 15.0. The van der Waals surface area contributed by atoms with Gasteiger partial charge in [0.15, 0.2) is 0 Å². The molecule has 0 saturated carbocycles. The molecule has 0 radical (unpaired) electrons. The van der Waals surface area contributed by atoms with Gasteiger partial charge in [0.25, 0.3) is 17.7 Å². The number of aliphatic hydroxyl groups excluding tert-OH is 1. The Morgan fingerprint density at radius 1 is 1.07 bits per heavy atom. The van der Waals surface area contributed by atoms with Crippen LogP contribution in [0.3, 0.4) is 0 Å². The molecule has 1 saturated heterocycles. The van der Waals surface area contributed by atoms with E-state index in [1.807, 2.05) is 0 Å². The molecule has 3 N–H and O–H groups in total. The standard InChI is InChI=1S/C18H20N4O5/c1-18(2)16(26)22(17(27)20-18)10-11-3-5-12(6-4-11)19-13-9-14(24)21(7-8-23)15(13)25/h3-6,9,19,23H,7-8,10H2,1-2H3,(H,20,27). The Hall–Kier alpha value is -3.20. The van der Waals surface area contributed by atoms with E-state index in [9.17, 15) is 19.2 Å². The van der Waals surface area contributed by atoms with Crippen LogP contribution in [0.15, 0.2) is 36.0 Å². The molecule has 0 spiro atoms. The quantitative estimate of drug-likeness (QED) is 0.484. The second-order valence-electron chi connectivity index (χ2n) is 6.85. The molecule has 2 aliphatic heterocycles. The van der Waals surface area contributed by atoms with Crippen molar-refractivity contribution in [2.24, 2.45) is 0 Å². The van der Waals surface area contributed by atoms with Crippen LogP contribution in [0.1, 0.15) is 19.4 Å². The molecule has 0 aliphatic carbocycles. The molecule has 0 atom stereocenters. The number of urea groups is 1. The molecule has 1 fully saturated rings. The molecule has 2 heterocycles. The summed E-state index contributed by atoms with van der Waals surface area (Å²) >= 11 is 0. The highest BCUT2D eigenvalue weighted by Gasteiger charge is 2.44. The molecule has 2 aliphatic rings. The van der Waals surface area contributed by atoms with Gasteiger partial charge in [-0.15, -0.1) is 0 Å². The molecular weight excluding hydrogens is 352 g/mol. The number of nitrogens with zero attached hydrogens (tertiary/aromatic N) is 2. The van der Waals surface area contributed by atoms with Gasteiger partial charge in [-0.1, -0.05) is 12.1 Å². The van der Waals surface area contributed by atoms with Gasteiger partial charge in [-0.3, -0.25) is 24.2 Å². The largest absolute Gasteiger partial charge is 0.395 e. The molecule has 0 unspecified atom stereocenters. The number of anilines is 1. The van der Waals surface area contributed by atoms with Crippen molar-refractivity contribution >= 4 is 29.4 Å². The van der Waals surface area contributed by atoms with Crippen LogP contribution in [-0.4, -0.2) is 57.3 Å². The highest BCUT2D eigenvalue weighted by atomic mass is 16.3. The highest BCUT2D eigenvalue weighted by Crippen LogP contribution is 2.21. The number of rotatable bonds is 6. The number of carbonyl (C=O) groups excluding carboxylic acids is 4. The van der Waals surface area contributed by atoms with E-state index in [1.54, 1.807) is 38.1 Å². The van der Waals surface area contributed by atoms with Crippen LogP contribution in [-0.2, 0) is 20.9 Å². The monoisotopic (exact) mass is 372 g/mol. The molecule has 0 aromatic heterocycles. The summed E-state index contributed by atoms with van der Waals surface area (Å²) in [5.74, 6) is -1.27. The fourth-order valence-electron chi connectivity index (χ4n) is 2.90. The molecule has 9 heteroatoms. The second-order valence-corrected chi connectivity index (χ2v) is 6.85. The minimum Gasteiger partial charge on any atom is -0.395 e. The Morgan fingerprint density at radius 2 is 1.74 bits per heavy atom. The van der Waals surface area contributed by atoms with Crippen LogP contribution in [0.4, 0.5) is 10.5 Å². The highest BCUT2D eigenvalue weighted by molar-refractivity contribution is 6.17. The lowest BCUT2D eigenvalue weighted by atomic mass is 10.1. The lowest BCUT2D eigenvalue weighted by Gasteiger charge is -2.16. The van der Waals surface area contributed by atoms with Gasteiger partial charge < -0.3 is 15.7 Å². The number of aliphatic hydroxyl groups is 1. The van der Waals surface area contributed by atoms with Crippen LogP contribution >= 0.6 is 0 Å². The summed E-state index contributed by atoms with van der Waals surface area (Å²) in [5, 5.41) is 14.4. The minimum atomic E-state index is -0.916. The zero-order chi connectivity index (χ0) is 19.8. The number of carbonyl (C=O) groups is 4. The zero-order valence-electron chi connectivity index (χ0n) is 15.0. The van der Waals surface area contributed by atoms with Gasteiger partial charge in [0, 0.05) is 11.8 Å². The third kappa shape index (κ3) is 3.54. The topological polar surface area (TPSA) is 119 Å². The third-order valence-corrected chi connectivity index (χ3v) is 4.35. The fraction of sp³-hybridized carbons (Fsp3) is 0.333. The number of β-amino-alcohol motifs (C(OH)–C–C–N with tert-alkyl or cyclic N) is 1. The number of nitrogens with one attached hydrogen (secondary N) is 2. The van der Waals surface area contributed by atoms with Crippen LogP contribution in [0, 0.1) is 0 Å². The Bertz CT molecular complexity index is 844. The fourth-order valence-corrected chi connectivity index (χ4v) is 2.90. The van der Waals surface area contributed by atoms with Crippen LogP contribution in [0.5, 0.6) is 0 Å². The van der Waals surface area contributed by atoms with Gasteiger partial charge in [0.05, 0.1) is 19.7 Å². The Morgan fingerprint density at radius 3 is 2.30 bits per heavy atom. The summed E-state index contributed by atoms with van der Waals surface area (Å²) in [4.78, 5) is 50.1. The number of hydrogen-bond donors (Lipinski definition) is 3. The molecule has 0 bridgehead atoms. The maximum atomic E-state index is 12.2. The summed E-state index contributed by atoms with van der Waals surface area (Å²) in [6, 6.07) is 6.39. The first-order valence-electron chi connectivity index (χ1n) is 8.41. The summed E-state index contributed by atoms with van der Waals surface area (Å²) in [7, 11) is 0. The minimum absolute atomic E-state index is 0.0550. The lowest BCUT2D eigenvalue weighted by molar-refractivity contribution is -0.137. The van der Waals surface area contributed by atoms with Crippen molar-refractivity contribution in [2.45, 2.75) is 25.9 Å². The molecule has 9 nitrogen and oxygen atoms in total. The number of amides is 5. The van der Waals surface area contributed by atoms with Crippen LogP contribution < -0.4 is 10.6 Å². The van der Waals surface area contributed by atoms with E-state index in [0.717, 1.165) is 15.4 Å². The normalized spacial score (nSPS) is 18.9. The molecule has 142 valence electrons. The van der Waals surface area contributed by atoms with Gasteiger partial charge in [-0.2, -0.15) is 0 Å². The number of hydrogen-bond acceptors (Lipinski definition) is 6. The summed E-state index contributed by atoms with van der Waals surface area (Å²) < 4.78 is 0. The Kier molecular flexibility index (Phi) is 4.71. The number of benzene rings is 1. The van der Waals surface area contributed by atoms with Crippen molar-refractivity contribution < 1.29 is 24.3 Å². The van der Waals surface area contributed by atoms with E-state index in [2.05, 4.69) is 10.6 Å². The van der Waals surface area contributed by atoms with Crippen molar-refractivity contribution in [1.82, 2.24) is 15.1 Å². The van der Waals surface area contributed by atoms with E-state index in [4.69, 9.17) is 5.11 Å². The van der Waals surface area contributed by atoms with Gasteiger partial charge in [0.2, 0.25) is 0 Å². The average Bonchev–Trinajstić information content (AvgIpc) is 2.98. The second kappa shape index (κ2) is 6.84. The van der Waals surface area contributed by atoms with Crippen molar-refractivity contribution in [3.8, 4) is 0 Å². The number of imide groups is 2. The lowest BCUT2D eigenvalue weighted by Crippen LogP contribution is -2.40. The summed E-state index contributed by atoms with van der Waals surface area (Å²) in [6.07, 6.45) is 1.18. The summed E-state index contributed by atoms with van der Waals surface area (Å²) in [5.41, 5.74) is 0.527. The first-order chi connectivity index (χ1) is 12.7. The first-order valence-corrected chi connectivity index (χ1v) is 8.41. The third-order valence-electron chi connectivity index (χ3n) is 4.35. The Labute approximate surface area is 155 Å². The summed E-state index contributed by atoms with van der Waals surface area (Å²) in [6.45, 7) is 3.08. The maximum absolute atomic E-state index is 12.2. The molecule has 27 heavy (non-hydrogen) atoms. The Balaban J connectivity index is 1.66. The molecule has 3 rings (SSSR count). The smallest absolute Gasteiger partial charge is 0.325 e. The van der Waals surface area contributed by atoms with E-state index in [-0.39, 0.29) is 31.3 Å². The van der Waals surface area contributed by atoms with Crippen molar-refractivity contribution in [2.75, 3.05) is 18.5 Å². The van der Waals surface area contributed by atoms with Crippen molar-refractivity contribution in [1.29, 1.82) is 0 Å². The van der Waals surface area contributed by atoms with E-state index >= 15 is 0 Å². The van der Waals surface area contributed by atoms with Crippen LogP contribution in [0.25, 0.3) is 0 Å². The van der Waals surface area contributed by atoms with E-state index < -0.39 is 23.4 Å². The van der Waals surface area contributed by atoms with Gasteiger partial charge in [-0.25, -0.2) is 4.79 Å².